The predicted molar refractivity (Wildman–Crippen MR) is 97.8 cm³/mol. The van der Waals surface area contributed by atoms with Crippen molar-refractivity contribution in [2.24, 2.45) is 0 Å². The number of nitrogens with one attached hydrogen (secondary N) is 2. The third-order valence-corrected chi connectivity index (χ3v) is 3.93. The van der Waals surface area contributed by atoms with Crippen LogP contribution in [-0.4, -0.2) is 45.0 Å². The van der Waals surface area contributed by atoms with Crippen molar-refractivity contribution in [2.75, 3.05) is 18.9 Å². The highest BCUT2D eigenvalue weighted by Gasteiger charge is 2.20. The van der Waals surface area contributed by atoms with Crippen LogP contribution in [0.5, 0.6) is 0 Å². The van der Waals surface area contributed by atoms with Crippen LogP contribution in [0.3, 0.4) is 0 Å². The van der Waals surface area contributed by atoms with E-state index in [0.717, 1.165) is 5.69 Å². The summed E-state index contributed by atoms with van der Waals surface area (Å²) in [4.78, 5) is 29.1. The summed E-state index contributed by atoms with van der Waals surface area (Å²) < 4.78 is 6.92. The number of para-hydroxylation sites is 1. The molecule has 2 heterocycles. The van der Waals surface area contributed by atoms with E-state index in [1.165, 1.54) is 11.1 Å². The Kier molecular flexibility index (Phi) is 4.99. The minimum atomic E-state index is -0.380. The molecule has 9 heteroatoms. The number of nitrogens with zero attached hydrogens (tertiary/aromatic N) is 3. The summed E-state index contributed by atoms with van der Waals surface area (Å²) in [6.07, 6.45) is 1.53. The second-order valence-corrected chi connectivity index (χ2v) is 6.07. The van der Waals surface area contributed by atoms with E-state index in [-0.39, 0.29) is 18.4 Å². The summed E-state index contributed by atoms with van der Waals surface area (Å²) in [6.45, 7) is 1.58. The van der Waals surface area contributed by atoms with Crippen molar-refractivity contribution in [3.05, 3.63) is 58.8 Å². The zero-order valence-corrected chi connectivity index (χ0v) is 15.0. The van der Waals surface area contributed by atoms with Crippen molar-refractivity contribution in [3.63, 3.8) is 0 Å². The standard InChI is InChI=1S/C17H17N5O3S/c1-11-8-14(20-25-11)19-15(23)10-21(2)16(24)13-9-18-17(26)22(13)12-6-4-3-5-7-12/h3-9H,10H2,1-2H3,(H,18,26)(H,19,20,23). The van der Waals surface area contributed by atoms with Crippen LogP contribution in [0.25, 0.3) is 5.69 Å². The fraction of sp³-hybridized carbons (Fsp3) is 0.176. The van der Waals surface area contributed by atoms with Gasteiger partial charge in [0.05, 0.1) is 6.54 Å². The summed E-state index contributed by atoms with van der Waals surface area (Å²) in [6, 6.07) is 10.9. The molecule has 0 bridgehead atoms. The van der Waals surface area contributed by atoms with E-state index in [9.17, 15) is 9.59 Å². The second kappa shape index (κ2) is 7.36. The number of carbonyl (C=O) groups is 2. The maximum atomic E-state index is 12.8. The van der Waals surface area contributed by atoms with E-state index in [0.29, 0.717) is 22.0 Å². The molecule has 3 rings (SSSR count). The number of aromatic amines is 1. The molecule has 0 aliphatic rings. The van der Waals surface area contributed by atoms with Gasteiger partial charge in [0.2, 0.25) is 5.91 Å². The van der Waals surface area contributed by atoms with Gasteiger partial charge in [-0.1, -0.05) is 23.4 Å². The zero-order valence-electron chi connectivity index (χ0n) is 14.2. The summed E-state index contributed by atoms with van der Waals surface area (Å²) in [5.74, 6) is 0.170. The number of benzene rings is 1. The van der Waals surface area contributed by atoms with Crippen LogP contribution in [0, 0.1) is 11.7 Å². The molecule has 0 saturated heterocycles. The van der Waals surface area contributed by atoms with Crippen LogP contribution < -0.4 is 5.32 Å². The fourth-order valence-corrected chi connectivity index (χ4v) is 2.71. The molecule has 2 N–H and O–H groups in total. The van der Waals surface area contributed by atoms with Gasteiger partial charge in [0.1, 0.15) is 11.5 Å². The largest absolute Gasteiger partial charge is 0.360 e. The Morgan fingerprint density at radius 2 is 2.08 bits per heavy atom. The molecule has 0 atom stereocenters. The van der Waals surface area contributed by atoms with Gasteiger partial charge in [-0.3, -0.25) is 14.2 Å². The molecule has 0 fully saturated rings. The lowest BCUT2D eigenvalue weighted by atomic mass is 10.3. The number of likely N-dealkylation sites (N-methyl/N-ethyl adjacent to an activating group) is 1. The molecule has 0 unspecified atom stereocenters. The van der Waals surface area contributed by atoms with Gasteiger partial charge in [-0.15, -0.1) is 0 Å². The Morgan fingerprint density at radius 1 is 1.35 bits per heavy atom. The molecule has 134 valence electrons. The smallest absolute Gasteiger partial charge is 0.272 e. The lowest BCUT2D eigenvalue weighted by Gasteiger charge is -2.17. The number of imidazole rings is 1. The molecule has 1 aromatic carbocycles. The van der Waals surface area contributed by atoms with Gasteiger partial charge in [-0.2, -0.15) is 0 Å². The van der Waals surface area contributed by atoms with Gasteiger partial charge >= 0.3 is 0 Å². The van der Waals surface area contributed by atoms with Gasteiger partial charge in [-0.25, -0.2) is 0 Å². The van der Waals surface area contributed by atoms with Gasteiger partial charge in [0.25, 0.3) is 5.91 Å². The average molecular weight is 371 g/mol. The van der Waals surface area contributed by atoms with Gasteiger partial charge in [-0.05, 0) is 31.3 Å². The first-order valence-electron chi connectivity index (χ1n) is 7.80. The van der Waals surface area contributed by atoms with Crippen LogP contribution in [0.4, 0.5) is 5.82 Å². The van der Waals surface area contributed by atoms with Crippen molar-refractivity contribution in [1.82, 2.24) is 19.6 Å². The van der Waals surface area contributed by atoms with Crippen LogP contribution in [-0.2, 0) is 4.79 Å². The monoisotopic (exact) mass is 371 g/mol. The van der Waals surface area contributed by atoms with Crippen molar-refractivity contribution >= 4 is 29.9 Å². The molecule has 0 saturated carbocycles. The Labute approximate surface area is 154 Å². The number of H-pyrrole nitrogens is 1. The first kappa shape index (κ1) is 17.6. The molecule has 3 aromatic rings. The molecule has 0 radical (unpaired) electrons. The summed E-state index contributed by atoms with van der Waals surface area (Å²) >= 11 is 5.28. The molecule has 2 aromatic heterocycles. The van der Waals surface area contributed by atoms with Gasteiger partial charge in [0, 0.05) is 25.0 Å². The number of aryl methyl sites for hydroxylation is 1. The molecular weight excluding hydrogens is 354 g/mol. The predicted octanol–water partition coefficient (Wildman–Crippen LogP) is 2.54. The molecule has 26 heavy (non-hydrogen) atoms. The molecule has 8 nitrogen and oxygen atoms in total. The maximum Gasteiger partial charge on any atom is 0.272 e. The van der Waals surface area contributed by atoms with E-state index >= 15 is 0 Å². The van der Waals surface area contributed by atoms with Gasteiger partial charge < -0.3 is 19.7 Å². The highest BCUT2D eigenvalue weighted by molar-refractivity contribution is 7.71. The molecule has 0 aliphatic heterocycles. The highest BCUT2D eigenvalue weighted by Crippen LogP contribution is 2.14. The van der Waals surface area contributed by atoms with E-state index in [1.807, 2.05) is 30.3 Å². The number of amides is 2. The minimum absolute atomic E-state index is 0.141. The number of hydrogen-bond donors (Lipinski definition) is 2. The quantitative estimate of drug-likeness (QED) is 0.672. The number of rotatable bonds is 5. The third-order valence-electron chi connectivity index (χ3n) is 3.63. The molecule has 0 spiro atoms. The lowest BCUT2D eigenvalue weighted by molar-refractivity contribution is -0.116. The summed E-state index contributed by atoms with van der Waals surface area (Å²) in [5, 5.41) is 6.27. The van der Waals surface area contributed by atoms with Crippen LogP contribution in [0.1, 0.15) is 16.2 Å². The lowest BCUT2D eigenvalue weighted by Crippen LogP contribution is -2.35. The first-order valence-corrected chi connectivity index (χ1v) is 8.21. The molecule has 0 aliphatic carbocycles. The van der Waals surface area contributed by atoms with Crippen LogP contribution >= 0.6 is 12.2 Å². The Balaban J connectivity index is 1.75. The van der Waals surface area contributed by atoms with E-state index in [1.54, 1.807) is 24.6 Å². The first-order chi connectivity index (χ1) is 12.5. The zero-order chi connectivity index (χ0) is 18.7. The van der Waals surface area contributed by atoms with Crippen molar-refractivity contribution in [2.45, 2.75) is 6.92 Å². The number of anilines is 1. The van der Waals surface area contributed by atoms with E-state index in [4.69, 9.17) is 16.7 Å². The Hall–Kier alpha value is -3.20. The summed E-state index contributed by atoms with van der Waals surface area (Å²) in [7, 11) is 1.54. The van der Waals surface area contributed by atoms with E-state index < -0.39 is 0 Å². The maximum absolute atomic E-state index is 12.8. The SMILES string of the molecule is Cc1cc(NC(=O)CN(C)C(=O)c2c[nH]c(=S)n2-c2ccccc2)no1. The van der Waals surface area contributed by atoms with Crippen molar-refractivity contribution in [3.8, 4) is 5.69 Å². The van der Waals surface area contributed by atoms with E-state index in [2.05, 4.69) is 15.5 Å². The molecular formula is C17H17N5O3S. The Morgan fingerprint density at radius 3 is 2.73 bits per heavy atom. The Bertz CT molecular complexity index is 989. The third kappa shape index (κ3) is 3.72. The van der Waals surface area contributed by atoms with Gasteiger partial charge in [0.15, 0.2) is 10.6 Å². The number of carbonyl (C=O) groups excluding carboxylic acids is 2. The average Bonchev–Trinajstić information content (AvgIpc) is 3.20. The highest BCUT2D eigenvalue weighted by atomic mass is 32.1. The number of aromatic nitrogens is 3. The normalized spacial score (nSPS) is 10.5. The second-order valence-electron chi connectivity index (χ2n) is 5.68. The van der Waals surface area contributed by atoms with Crippen molar-refractivity contribution in [1.29, 1.82) is 0 Å². The van der Waals surface area contributed by atoms with Crippen molar-refractivity contribution < 1.29 is 14.1 Å². The minimum Gasteiger partial charge on any atom is -0.360 e. The topological polar surface area (TPSA) is 96.2 Å². The fourth-order valence-electron chi connectivity index (χ4n) is 2.45. The van der Waals surface area contributed by atoms with Crippen LogP contribution in [0.2, 0.25) is 0 Å². The summed E-state index contributed by atoms with van der Waals surface area (Å²) in [5.41, 5.74) is 1.10. The number of hydrogen-bond acceptors (Lipinski definition) is 5. The van der Waals surface area contributed by atoms with Crippen LogP contribution in [0.15, 0.2) is 47.1 Å². The molecule has 2 amide bonds.